The molecule has 1 saturated carbocycles. The topological polar surface area (TPSA) is 29.3 Å². The molecule has 120 valence electrons. The second kappa shape index (κ2) is 12.6. The minimum atomic E-state index is 0.827. The second-order valence-electron chi connectivity index (χ2n) is 6.59. The number of unbranched alkanes of at least 4 members (excludes halogenated alkanes) is 7. The van der Waals surface area contributed by atoms with Gasteiger partial charge in [-0.15, -0.1) is 0 Å². The van der Waals surface area contributed by atoms with Crippen molar-refractivity contribution in [2.24, 2.45) is 5.73 Å². The lowest BCUT2D eigenvalue weighted by molar-refractivity contribution is 0.157. The third kappa shape index (κ3) is 8.26. The van der Waals surface area contributed by atoms with E-state index in [-0.39, 0.29) is 0 Å². The molecule has 0 aromatic carbocycles. The molecule has 0 spiro atoms. The van der Waals surface area contributed by atoms with Gasteiger partial charge < -0.3 is 5.73 Å². The first-order chi connectivity index (χ1) is 9.88. The summed E-state index contributed by atoms with van der Waals surface area (Å²) in [5.41, 5.74) is 5.79. The Kier molecular flexibility index (Phi) is 11.4. The highest BCUT2D eigenvalue weighted by atomic mass is 15.2. The van der Waals surface area contributed by atoms with Gasteiger partial charge in [-0.3, -0.25) is 4.90 Å². The Morgan fingerprint density at radius 1 is 0.800 bits per heavy atom. The Bertz CT molecular complexity index is 200. The predicted octanol–water partition coefficient (Wildman–Crippen LogP) is 4.72. The maximum Gasteiger partial charge on any atom is 0.0108 e. The molecule has 1 fully saturated rings. The second-order valence-corrected chi connectivity index (χ2v) is 6.59. The fourth-order valence-electron chi connectivity index (χ4n) is 3.54. The number of nitrogens with two attached hydrogens (primary N) is 1. The summed E-state index contributed by atoms with van der Waals surface area (Å²) in [4.78, 5) is 2.69. The lowest BCUT2D eigenvalue weighted by atomic mass is 9.94. The smallest absolute Gasteiger partial charge is 0.0108 e. The van der Waals surface area contributed by atoms with Crippen LogP contribution in [0.5, 0.6) is 0 Å². The summed E-state index contributed by atoms with van der Waals surface area (Å²) < 4.78 is 0. The SMILES string of the molecule is CCCCCCCCCCN(CCN)C1CCCCC1. The van der Waals surface area contributed by atoms with Crippen LogP contribution in [0.3, 0.4) is 0 Å². The molecule has 0 amide bonds. The normalized spacial score (nSPS) is 16.9. The molecule has 0 aliphatic heterocycles. The number of hydrogen-bond donors (Lipinski definition) is 1. The molecule has 2 heteroatoms. The third-order valence-corrected chi connectivity index (χ3v) is 4.81. The van der Waals surface area contributed by atoms with Crippen molar-refractivity contribution in [1.29, 1.82) is 0 Å². The molecule has 0 atom stereocenters. The molecule has 2 N–H and O–H groups in total. The van der Waals surface area contributed by atoms with Gasteiger partial charge in [0.25, 0.3) is 0 Å². The maximum absolute atomic E-state index is 5.79. The van der Waals surface area contributed by atoms with Gasteiger partial charge in [0.1, 0.15) is 0 Å². The van der Waals surface area contributed by atoms with Crippen LogP contribution in [-0.2, 0) is 0 Å². The molecule has 0 radical (unpaired) electrons. The molecule has 1 aliphatic carbocycles. The zero-order valence-electron chi connectivity index (χ0n) is 13.9. The van der Waals surface area contributed by atoms with E-state index >= 15 is 0 Å². The maximum atomic E-state index is 5.79. The van der Waals surface area contributed by atoms with Gasteiger partial charge >= 0.3 is 0 Å². The van der Waals surface area contributed by atoms with Crippen molar-refractivity contribution in [3.8, 4) is 0 Å². The van der Waals surface area contributed by atoms with Gasteiger partial charge in [-0.25, -0.2) is 0 Å². The fraction of sp³-hybridized carbons (Fsp3) is 1.00. The molecule has 0 unspecified atom stereocenters. The van der Waals surface area contributed by atoms with Crippen LogP contribution in [-0.4, -0.2) is 30.6 Å². The average molecular weight is 283 g/mol. The van der Waals surface area contributed by atoms with Crippen LogP contribution in [0.25, 0.3) is 0 Å². The first kappa shape index (κ1) is 18.0. The highest BCUT2D eigenvalue weighted by Gasteiger charge is 2.19. The summed E-state index contributed by atoms with van der Waals surface area (Å²) in [6.45, 7) is 5.52. The molecule has 0 aromatic rings. The molecule has 20 heavy (non-hydrogen) atoms. The number of rotatable bonds is 12. The zero-order chi connectivity index (χ0) is 14.5. The summed E-state index contributed by atoms with van der Waals surface area (Å²) >= 11 is 0. The summed E-state index contributed by atoms with van der Waals surface area (Å²) in [5.74, 6) is 0. The van der Waals surface area contributed by atoms with Crippen molar-refractivity contribution < 1.29 is 0 Å². The van der Waals surface area contributed by atoms with E-state index < -0.39 is 0 Å². The van der Waals surface area contributed by atoms with Crippen molar-refractivity contribution in [2.75, 3.05) is 19.6 Å². The molecule has 0 saturated heterocycles. The minimum absolute atomic E-state index is 0.827. The Morgan fingerprint density at radius 2 is 1.40 bits per heavy atom. The van der Waals surface area contributed by atoms with Crippen molar-refractivity contribution in [2.45, 2.75) is 96.4 Å². The van der Waals surface area contributed by atoms with E-state index in [1.165, 1.54) is 90.0 Å². The van der Waals surface area contributed by atoms with E-state index in [0.717, 1.165) is 19.1 Å². The zero-order valence-corrected chi connectivity index (χ0v) is 13.9. The average Bonchev–Trinajstić information content (AvgIpc) is 2.50. The third-order valence-electron chi connectivity index (χ3n) is 4.81. The Hall–Kier alpha value is -0.0800. The van der Waals surface area contributed by atoms with Crippen molar-refractivity contribution in [3.05, 3.63) is 0 Å². The Morgan fingerprint density at radius 3 is 2.00 bits per heavy atom. The highest BCUT2D eigenvalue weighted by molar-refractivity contribution is 4.76. The first-order valence-corrected chi connectivity index (χ1v) is 9.32. The number of hydrogen-bond acceptors (Lipinski definition) is 2. The van der Waals surface area contributed by atoms with E-state index in [1.54, 1.807) is 0 Å². The monoisotopic (exact) mass is 282 g/mol. The molecular formula is C18H38N2. The van der Waals surface area contributed by atoms with Crippen LogP contribution >= 0.6 is 0 Å². The minimum Gasteiger partial charge on any atom is -0.329 e. The number of nitrogens with zero attached hydrogens (tertiary/aromatic N) is 1. The molecule has 0 bridgehead atoms. The van der Waals surface area contributed by atoms with Gasteiger partial charge in [0, 0.05) is 19.1 Å². The van der Waals surface area contributed by atoms with Crippen LogP contribution in [0, 0.1) is 0 Å². The van der Waals surface area contributed by atoms with Gasteiger partial charge in [-0.2, -0.15) is 0 Å². The van der Waals surface area contributed by atoms with Crippen LogP contribution in [0.1, 0.15) is 90.4 Å². The van der Waals surface area contributed by atoms with Crippen LogP contribution in [0.15, 0.2) is 0 Å². The van der Waals surface area contributed by atoms with E-state index in [2.05, 4.69) is 11.8 Å². The molecule has 1 rings (SSSR count). The largest absolute Gasteiger partial charge is 0.329 e. The molecule has 0 aromatic heterocycles. The summed E-state index contributed by atoms with van der Waals surface area (Å²) in [7, 11) is 0. The van der Waals surface area contributed by atoms with Crippen molar-refractivity contribution in [1.82, 2.24) is 4.90 Å². The summed E-state index contributed by atoms with van der Waals surface area (Å²) in [5, 5.41) is 0. The van der Waals surface area contributed by atoms with Crippen LogP contribution in [0.4, 0.5) is 0 Å². The highest BCUT2D eigenvalue weighted by Crippen LogP contribution is 2.22. The first-order valence-electron chi connectivity index (χ1n) is 9.32. The molecule has 1 aliphatic rings. The summed E-state index contributed by atoms with van der Waals surface area (Å²) in [6.07, 6.45) is 18.5. The van der Waals surface area contributed by atoms with Gasteiger partial charge in [0.2, 0.25) is 0 Å². The van der Waals surface area contributed by atoms with Crippen LogP contribution < -0.4 is 5.73 Å². The molecule has 0 heterocycles. The van der Waals surface area contributed by atoms with E-state index in [0.29, 0.717) is 0 Å². The van der Waals surface area contributed by atoms with Gasteiger partial charge in [0.05, 0.1) is 0 Å². The fourth-order valence-corrected chi connectivity index (χ4v) is 3.54. The Labute approximate surface area is 127 Å². The van der Waals surface area contributed by atoms with Crippen molar-refractivity contribution in [3.63, 3.8) is 0 Å². The van der Waals surface area contributed by atoms with Gasteiger partial charge in [-0.05, 0) is 25.8 Å². The van der Waals surface area contributed by atoms with Gasteiger partial charge in [0.15, 0.2) is 0 Å². The van der Waals surface area contributed by atoms with Crippen molar-refractivity contribution >= 4 is 0 Å². The lowest BCUT2D eigenvalue weighted by Gasteiger charge is -2.34. The summed E-state index contributed by atoms with van der Waals surface area (Å²) in [6, 6.07) is 0.844. The molecular weight excluding hydrogens is 244 g/mol. The van der Waals surface area contributed by atoms with E-state index in [1.807, 2.05) is 0 Å². The standard InChI is InChI=1S/C18H38N2/c1-2-3-4-5-6-7-8-12-16-20(17-15-19)18-13-10-9-11-14-18/h18H,2-17,19H2,1H3. The molecule has 2 nitrogen and oxygen atoms in total. The predicted molar refractivity (Wildman–Crippen MR) is 90.1 cm³/mol. The van der Waals surface area contributed by atoms with E-state index in [9.17, 15) is 0 Å². The van der Waals surface area contributed by atoms with Gasteiger partial charge in [-0.1, -0.05) is 71.1 Å². The van der Waals surface area contributed by atoms with E-state index in [4.69, 9.17) is 5.73 Å². The Balaban J connectivity index is 2.03. The lowest BCUT2D eigenvalue weighted by Crippen LogP contribution is -2.40. The van der Waals surface area contributed by atoms with Crippen LogP contribution in [0.2, 0.25) is 0 Å². The quantitative estimate of drug-likeness (QED) is 0.525.